The first kappa shape index (κ1) is 15.7. The summed E-state index contributed by atoms with van der Waals surface area (Å²) in [6.45, 7) is 4.42. The van der Waals surface area contributed by atoms with Gasteiger partial charge in [0, 0.05) is 34.8 Å². The largest absolute Gasteiger partial charge is 0.379 e. The first-order valence-corrected chi connectivity index (χ1v) is 8.95. The van der Waals surface area contributed by atoms with E-state index in [1.165, 1.54) is 10.5 Å². The number of rotatable bonds is 4. The van der Waals surface area contributed by atoms with Gasteiger partial charge in [0.2, 0.25) is 0 Å². The van der Waals surface area contributed by atoms with Gasteiger partial charge in [0.25, 0.3) is 0 Å². The van der Waals surface area contributed by atoms with E-state index in [9.17, 15) is 4.48 Å². The molecule has 0 spiro atoms. The van der Waals surface area contributed by atoms with E-state index in [-0.39, 0.29) is 0 Å². The van der Waals surface area contributed by atoms with Gasteiger partial charge in [-0.15, -0.1) is 0 Å². The monoisotopic (exact) mass is 342 g/mol. The molecule has 4 rings (SSSR count). The van der Waals surface area contributed by atoms with E-state index < -0.39 is 0 Å². The Balaban J connectivity index is 1.62. The zero-order chi connectivity index (χ0) is 16.4. The lowest BCUT2D eigenvalue weighted by Gasteiger charge is -2.27. The van der Waals surface area contributed by atoms with Crippen LogP contribution in [0.1, 0.15) is 5.56 Å². The molecular weight excluding hydrogens is 323 g/mol. The summed E-state index contributed by atoms with van der Waals surface area (Å²) in [5.41, 5.74) is 1.89. The first-order valence-electron chi connectivity index (χ1n) is 8.13. The van der Waals surface area contributed by atoms with Gasteiger partial charge >= 0.3 is 0 Å². The van der Waals surface area contributed by atoms with Crippen molar-refractivity contribution in [3.05, 3.63) is 60.3 Å². The van der Waals surface area contributed by atoms with Crippen LogP contribution >= 0.6 is 11.8 Å². The lowest BCUT2D eigenvalue weighted by molar-refractivity contribution is 0.0338. The summed E-state index contributed by atoms with van der Waals surface area (Å²) < 4.78 is 19.5. The molecule has 0 unspecified atom stereocenters. The van der Waals surface area contributed by atoms with E-state index in [0.717, 1.165) is 43.1 Å². The summed E-state index contributed by atoms with van der Waals surface area (Å²) in [6, 6.07) is 16.0. The van der Waals surface area contributed by atoms with Crippen molar-refractivity contribution in [2.75, 3.05) is 26.3 Å². The van der Waals surface area contributed by atoms with Crippen LogP contribution in [0.4, 0.5) is 4.48 Å². The van der Waals surface area contributed by atoms with Gasteiger partial charge in [-0.05, 0) is 17.7 Å². The number of ether oxygens (including phenoxy) is 1. The van der Waals surface area contributed by atoms with Crippen LogP contribution in [0.15, 0.2) is 64.5 Å². The van der Waals surface area contributed by atoms with Gasteiger partial charge in [0.1, 0.15) is 0 Å². The highest BCUT2D eigenvalue weighted by molar-refractivity contribution is 7.99. The Kier molecular flexibility index (Phi) is 4.56. The predicted molar refractivity (Wildman–Crippen MR) is 95.1 cm³/mol. The highest BCUT2D eigenvalue weighted by Gasteiger charge is 2.15. The molecule has 2 heterocycles. The van der Waals surface area contributed by atoms with Gasteiger partial charge in [-0.2, -0.15) is 4.79 Å². The molecule has 2 aromatic carbocycles. The number of nitrogens with zero attached hydrogens (tertiary/aromatic N) is 2. The van der Waals surface area contributed by atoms with E-state index in [1.807, 2.05) is 24.3 Å². The smallest absolute Gasteiger partial charge is 0.0824 e. The molecule has 1 aliphatic rings. The molecule has 0 saturated carbocycles. The second-order valence-corrected chi connectivity index (χ2v) is 7.00. The highest BCUT2D eigenvalue weighted by atomic mass is 32.2. The molecule has 0 radical (unpaired) electrons. The van der Waals surface area contributed by atoms with Crippen molar-refractivity contribution >= 4 is 22.7 Å². The summed E-state index contributed by atoms with van der Waals surface area (Å²) in [7, 11) is 0. The topological polar surface area (TPSA) is 17.4 Å². The number of hydrogen-bond acceptors (Lipinski definition) is 3. The van der Waals surface area contributed by atoms with Gasteiger partial charge in [0.15, 0.2) is 0 Å². The molecule has 1 fully saturated rings. The molecule has 1 saturated heterocycles. The number of fused-ring (bicyclic) bond motifs is 1. The fourth-order valence-corrected chi connectivity index (χ4v) is 4.12. The lowest BCUT2D eigenvalue weighted by Crippen LogP contribution is -2.35. The maximum Gasteiger partial charge on any atom is 0.0824 e. The fourth-order valence-electron chi connectivity index (χ4n) is 3.04. The predicted octanol–water partition coefficient (Wildman–Crippen LogP) is 4.36. The van der Waals surface area contributed by atoms with Crippen LogP contribution in [0.3, 0.4) is 0 Å². The normalized spacial score (nSPS) is 15.9. The third kappa shape index (κ3) is 3.20. The van der Waals surface area contributed by atoms with E-state index in [4.69, 9.17) is 4.74 Å². The second kappa shape index (κ2) is 6.97. The Hall–Kier alpha value is -1.82. The van der Waals surface area contributed by atoms with E-state index >= 15 is 0 Å². The number of halogens is 1. The van der Waals surface area contributed by atoms with Gasteiger partial charge in [-0.25, -0.2) is 0 Å². The Labute approximate surface area is 145 Å². The molecule has 0 atom stereocenters. The Morgan fingerprint density at radius 3 is 2.58 bits per heavy atom. The molecule has 0 amide bonds. The SMILES string of the molecule is Fn1cc(Sc2ccccc2CN2CCOCC2)c2ccccc21. The van der Waals surface area contributed by atoms with Crippen molar-refractivity contribution in [2.24, 2.45) is 0 Å². The van der Waals surface area contributed by atoms with Gasteiger partial charge in [0.05, 0.1) is 24.9 Å². The molecule has 124 valence electrons. The fraction of sp³-hybridized carbons (Fsp3) is 0.263. The van der Waals surface area contributed by atoms with Crippen LogP contribution < -0.4 is 0 Å². The van der Waals surface area contributed by atoms with Crippen molar-refractivity contribution in [2.45, 2.75) is 16.3 Å². The van der Waals surface area contributed by atoms with Gasteiger partial charge in [-0.1, -0.05) is 52.6 Å². The Bertz CT molecular complexity index is 842. The maximum atomic E-state index is 14.1. The average molecular weight is 342 g/mol. The third-order valence-corrected chi connectivity index (χ3v) is 5.48. The third-order valence-electron chi connectivity index (χ3n) is 4.32. The quantitative estimate of drug-likeness (QED) is 0.701. The van der Waals surface area contributed by atoms with Crippen molar-refractivity contribution in [1.29, 1.82) is 0 Å². The van der Waals surface area contributed by atoms with Crippen LogP contribution in [0.25, 0.3) is 10.9 Å². The summed E-state index contributed by atoms with van der Waals surface area (Å²) in [5, 5.41) is 0.950. The molecular formula is C19H19FN2OS. The lowest BCUT2D eigenvalue weighted by atomic mass is 10.2. The number of aromatic nitrogens is 1. The summed E-state index contributed by atoms with van der Waals surface area (Å²) in [4.78, 5) is 5.24. The number of morpholine rings is 1. The van der Waals surface area contributed by atoms with E-state index in [2.05, 4.69) is 23.1 Å². The Morgan fingerprint density at radius 2 is 1.71 bits per heavy atom. The van der Waals surface area contributed by atoms with Crippen LogP contribution in [-0.2, 0) is 11.3 Å². The van der Waals surface area contributed by atoms with Crippen LogP contribution in [0.5, 0.6) is 0 Å². The summed E-state index contributed by atoms with van der Waals surface area (Å²) in [5.74, 6) is 0. The molecule has 1 aliphatic heterocycles. The average Bonchev–Trinajstić information content (AvgIpc) is 2.94. The van der Waals surface area contributed by atoms with Gasteiger partial charge in [-0.3, -0.25) is 4.90 Å². The number of para-hydroxylation sites is 1. The molecule has 5 heteroatoms. The molecule has 3 nitrogen and oxygen atoms in total. The first-order chi connectivity index (χ1) is 11.8. The van der Waals surface area contributed by atoms with E-state index in [1.54, 1.807) is 24.0 Å². The minimum atomic E-state index is 0.616. The number of hydrogen-bond donors (Lipinski definition) is 0. The molecule has 0 aliphatic carbocycles. The zero-order valence-corrected chi connectivity index (χ0v) is 14.1. The van der Waals surface area contributed by atoms with Crippen molar-refractivity contribution in [3.8, 4) is 0 Å². The Morgan fingerprint density at radius 1 is 0.958 bits per heavy atom. The van der Waals surface area contributed by atoms with Crippen molar-refractivity contribution < 1.29 is 9.22 Å². The summed E-state index contributed by atoms with van der Waals surface area (Å²) in [6.07, 6.45) is 1.57. The molecule has 3 aromatic rings. The van der Waals surface area contributed by atoms with Crippen LogP contribution in [-0.4, -0.2) is 36.0 Å². The maximum absolute atomic E-state index is 14.1. The van der Waals surface area contributed by atoms with Crippen molar-refractivity contribution in [1.82, 2.24) is 9.69 Å². The van der Waals surface area contributed by atoms with Gasteiger partial charge < -0.3 is 4.74 Å². The van der Waals surface area contributed by atoms with Crippen LogP contribution in [0, 0.1) is 0 Å². The highest BCUT2D eigenvalue weighted by Crippen LogP contribution is 2.37. The van der Waals surface area contributed by atoms with Crippen LogP contribution in [0.2, 0.25) is 0 Å². The second-order valence-electron chi connectivity index (χ2n) is 5.92. The molecule has 0 bridgehead atoms. The minimum absolute atomic E-state index is 0.616. The number of benzene rings is 2. The molecule has 24 heavy (non-hydrogen) atoms. The molecule has 1 aromatic heterocycles. The standard InChI is InChI=1S/C19H19FN2OS/c20-22-14-19(16-6-2-3-7-17(16)22)24-18-8-4-1-5-15(18)13-21-9-11-23-12-10-21/h1-8,14H,9-13H2. The molecule has 0 N–H and O–H groups in total. The zero-order valence-electron chi connectivity index (χ0n) is 13.3. The van der Waals surface area contributed by atoms with E-state index in [0.29, 0.717) is 10.3 Å². The minimum Gasteiger partial charge on any atom is -0.379 e. The van der Waals surface area contributed by atoms with Crippen molar-refractivity contribution in [3.63, 3.8) is 0 Å². The summed E-state index contributed by atoms with van der Waals surface area (Å²) >= 11 is 1.63.